The molecule has 1 heterocycles. The highest BCUT2D eigenvalue weighted by Gasteiger charge is 2.31. The minimum absolute atomic E-state index is 0.197. The Kier molecular flexibility index (Phi) is 4.70. The van der Waals surface area contributed by atoms with Gasteiger partial charge in [-0.1, -0.05) is 22.9 Å². The van der Waals surface area contributed by atoms with Crippen molar-refractivity contribution in [3.63, 3.8) is 0 Å². The molecule has 1 aromatic carbocycles. The van der Waals surface area contributed by atoms with Crippen molar-refractivity contribution in [1.82, 2.24) is 5.32 Å². The van der Waals surface area contributed by atoms with Gasteiger partial charge in [-0.3, -0.25) is 4.79 Å². The van der Waals surface area contributed by atoms with Crippen LogP contribution in [-0.4, -0.2) is 34.9 Å². The van der Waals surface area contributed by atoms with E-state index in [-0.39, 0.29) is 19.0 Å². The zero-order valence-corrected chi connectivity index (χ0v) is 13.5. The first kappa shape index (κ1) is 16.0. The minimum Gasteiger partial charge on any atom is -0.451 e. The number of halogens is 1. The van der Waals surface area contributed by atoms with Crippen molar-refractivity contribution in [3.05, 3.63) is 34.0 Å². The van der Waals surface area contributed by atoms with Gasteiger partial charge in [0.25, 0.3) is 5.91 Å². The molecule has 0 spiro atoms. The predicted molar refractivity (Wildman–Crippen MR) is 83.3 cm³/mol. The Morgan fingerprint density at radius 2 is 2.05 bits per heavy atom. The molecule has 0 bridgehead atoms. The molecule has 6 heteroatoms. The fourth-order valence-corrected chi connectivity index (χ4v) is 2.51. The third-order valence-corrected chi connectivity index (χ3v) is 4.26. The van der Waals surface area contributed by atoms with Gasteiger partial charge in [-0.15, -0.1) is 0 Å². The third-order valence-electron chi connectivity index (χ3n) is 3.77. The molecular weight excluding hydrogens is 338 g/mol. The van der Waals surface area contributed by atoms with E-state index in [0.29, 0.717) is 12.0 Å². The summed E-state index contributed by atoms with van der Waals surface area (Å²) in [5.41, 5.74) is 0.309. The highest BCUT2D eigenvalue weighted by atomic mass is 79.9. The monoisotopic (exact) mass is 355 g/mol. The van der Waals surface area contributed by atoms with Crippen molar-refractivity contribution in [2.24, 2.45) is 0 Å². The van der Waals surface area contributed by atoms with Crippen LogP contribution >= 0.6 is 15.9 Å². The van der Waals surface area contributed by atoms with Gasteiger partial charge in [-0.05, 0) is 31.5 Å². The summed E-state index contributed by atoms with van der Waals surface area (Å²) < 4.78 is 6.50. The predicted octanol–water partition coefficient (Wildman–Crippen LogP) is 2.37. The standard InChI is InChI=1S/C15H18BrNO4/c1-3-15(7-18,8-19)17-14(20)13-9(2)11-6-10(16)4-5-12(11)21-13/h4-6,18-19H,3,7-8H2,1-2H3,(H,17,20). The number of carbonyl (C=O) groups excluding carboxylic acids is 1. The summed E-state index contributed by atoms with van der Waals surface area (Å²) in [6.07, 6.45) is 0.413. The first-order chi connectivity index (χ1) is 9.96. The average Bonchev–Trinajstić information content (AvgIpc) is 2.82. The summed E-state index contributed by atoms with van der Waals surface area (Å²) in [6.45, 7) is 2.92. The number of hydrogen-bond acceptors (Lipinski definition) is 4. The Bertz CT molecular complexity index is 653. The topological polar surface area (TPSA) is 82.7 Å². The van der Waals surface area contributed by atoms with Gasteiger partial charge in [-0.25, -0.2) is 0 Å². The van der Waals surface area contributed by atoms with Crippen LogP contribution in [0.25, 0.3) is 11.0 Å². The van der Waals surface area contributed by atoms with Crippen LogP contribution in [0.2, 0.25) is 0 Å². The molecular formula is C15H18BrNO4. The normalized spacial score (nSPS) is 11.9. The summed E-state index contributed by atoms with van der Waals surface area (Å²) in [4.78, 5) is 12.4. The average molecular weight is 356 g/mol. The number of aliphatic hydroxyl groups excluding tert-OH is 2. The zero-order valence-electron chi connectivity index (χ0n) is 11.9. The van der Waals surface area contributed by atoms with Crippen LogP contribution in [0.1, 0.15) is 29.5 Å². The van der Waals surface area contributed by atoms with Gasteiger partial charge < -0.3 is 19.9 Å². The molecule has 21 heavy (non-hydrogen) atoms. The Balaban J connectivity index is 2.38. The molecule has 0 atom stereocenters. The van der Waals surface area contributed by atoms with Gasteiger partial charge in [0.2, 0.25) is 0 Å². The van der Waals surface area contributed by atoms with Crippen LogP contribution < -0.4 is 5.32 Å². The molecule has 0 fully saturated rings. The lowest BCUT2D eigenvalue weighted by Crippen LogP contribution is -2.53. The molecule has 0 radical (unpaired) electrons. The summed E-state index contributed by atoms with van der Waals surface area (Å²) >= 11 is 3.39. The van der Waals surface area contributed by atoms with Crippen LogP contribution in [0.5, 0.6) is 0 Å². The quantitative estimate of drug-likeness (QED) is 0.768. The molecule has 0 aliphatic heterocycles. The van der Waals surface area contributed by atoms with E-state index in [2.05, 4.69) is 21.2 Å². The number of fused-ring (bicyclic) bond motifs is 1. The Morgan fingerprint density at radius 3 is 2.62 bits per heavy atom. The number of benzene rings is 1. The Labute approximate surface area is 131 Å². The van der Waals surface area contributed by atoms with Gasteiger partial charge in [0, 0.05) is 15.4 Å². The number of rotatable bonds is 5. The molecule has 0 aliphatic carbocycles. The highest BCUT2D eigenvalue weighted by Crippen LogP contribution is 2.28. The second kappa shape index (κ2) is 6.17. The van der Waals surface area contributed by atoms with Gasteiger partial charge >= 0.3 is 0 Å². The summed E-state index contributed by atoms with van der Waals surface area (Å²) in [5.74, 6) is -0.243. The summed E-state index contributed by atoms with van der Waals surface area (Å²) in [5, 5.41) is 22.3. The fraction of sp³-hybridized carbons (Fsp3) is 0.400. The summed E-state index contributed by atoms with van der Waals surface area (Å²) in [6, 6.07) is 5.51. The van der Waals surface area contributed by atoms with E-state index in [4.69, 9.17) is 4.42 Å². The van der Waals surface area contributed by atoms with Crippen molar-refractivity contribution in [1.29, 1.82) is 0 Å². The van der Waals surface area contributed by atoms with E-state index in [1.54, 1.807) is 19.9 Å². The molecule has 0 unspecified atom stereocenters. The van der Waals surface area contributed by atoms with Crippen LogP contribution in [-0.2, 0) is 0 Å². The maximum Gasteiger partial charge on any atom is 0.287 e. The molecule has 1 amide bonds. The maximum atomic E-state index is 12.4. The van der Waals surface area contributed by atoms with Gasteiger partial charge in [0.05, 0.1) is 18.8 Å². The zero-order chi connectivity index (χ0) is 15.6. The number of hydrogen-bond donors (Lipinski definition) is 3. The summed E-state index contributed by atoms with van der Waals surface area (Å²) in [7, 11) is 0. The molecule has 2 aromatic rings. The number of aryl methyl sites for hydroxylation is 1. The van der Waals surface area contributed by atoms with Crippen LogP contribution in [0.3, 0.4) is 0 Å². The van der Waals surface area contributed by atoms with Crippen molar-refractivity contribution >= 4 is 32.8 Å². The molecule has 1 aromatic heterocycles. The Hall–Kier alpha value is -1.37. The molecule has 2 rings (SSSR count). The second-order valence-corrected chi connectivity index (χ2v) is 6.02. The van der Waals surface area contributed by atoms with Gasteiger partial charge in [0.1, 0.15) is 5.58 Å². The van der Waals surface area contributed by atoms with Crippen molar-refractivity contribution in [2.75, 3.05) is 13.2 Å². The smallest absolute Gasteiger partial charge is 0.287 e. The van der Waals surface area contributed by atoms with Crippen LogP contribution in [0, 0.1) is 6.92 Å². The Morgan fingerprint density at radius 1 is 1.38 bits per heavy atom. The van der Waals surface area contributed by atoms with Crippen LogP contribution in [0.15, 0.2) is 27.1 Å². The number of nitrogens with one attached hydrogen (secondary N) is 1. The van der Waals surface area contributed by atoms with Crippen LogP contribution in [0.4, 0.5) is 0 Å². The largest absolute Gasteiger partial charge is 0.451 e. The number of carbonyl (C=O) groups is 1. The molecule has 114 valence electrons. The SMILES string of the molecule is CCC(CO)(CO)NC(=O)c1oc2ccc(Br)cc2c1C. The van der Waals surface area contributed by atoms with E-state index in [1.807, 2.05) is 12.1 Å². The first-order valence-electron chi connectivity index (χ1n) is 6.69. The molecule has 0 saturated carbocycles. The fourth-order valence-electron chi connectivity index (χ4n) is 2.15. The van der Waals surface area contributed by atoms with E-state index in [0.717, 1.165) is 15.4 Å². The lowest BCUT2D eigenvalue weighted by Gasteiger charge is -2.29. The van der Waals surface area contributed by atoms with Crippen molar-refractivity contribution < 1.29 is 19.4 Å². The number of aliphatic hydroxyl groups is 2. The number of amides is 1. The van der Waals surface area contributed by atoms with E-state index in [9.17, 15) is 15.0 Å². The van der Waals surface area contributed by atoms with E-state index >= 15 is 0 Å². The first-order valence-corrected chi connectivity index (χ1v) is 7.48. The van der Waals surface area contributed by atoms with Crippen molar-refractivity contribution in [3.8, 4) is 0 Å². The third kappa shape index (κ3) is 2.97. The van der Waals surface area contributed by atoms with E-state index in [1.165, 1.54) is 0 Å². The lowest BCUT2D eigenvalue weighted by atomic mass is 9.98. The van der Waals surface area contributed by atoms with Gasteiger partial charge in [-0.2, -0.15) is 0 Å². The molecule has 0 saturated heterocycles. The van der Waals surface area contributed by atoms with E-state index < -0.39 is 11.4 Å². The highest BCUT2D eigenvalue weighted by molar-refractivity contribution is 9.10. The lowest BCUT2D eigenvalue weighted by molar-refractivity contribution is 0.0633. The number of furan rings is 1. The second-order valence-electron chi connectivity index (χ2n) is 5.10. The minimum atomic E-state index is -1.04. The maximum absolute atomic E-state index is 12.4. The van der Waals surface area contributed by atoms with Crippen molar-refractivity contribution in [2.45, 2.75) is 25.8 Å². The van der Waals surface area contributed by atoms with Gasteiger partial charge in [0.15, 0.2) is 5.76 Å². The molecule has 3 N–H and O–H groups in total. The molecule has 5 nitrogen and oxygen atoms in total. The molecule has 0 aliphatic rings.